The summed E-state index contributed by atoms with van der Waals surface area (Å²) in [6, 6.07) is 0. The Kier molecular flexibility index (Phi) is 5.58. The predicted molar refractivity (Wildman–Crippen MR) is 78.1 cm³/mol. The fourth-order valence-electron chi connectivity index (χ4n) is 3.74. The molecule has 6 nitrogen and oxygen atoms in total. The van der Waals surface area contributed by atoms with Crippen LogP contribution in [0.5, 0.6) is 0 Å². The highest BCUT2D eigenvalue weighted by Crippen LogP contribution is 2.51. The average molecular weight is 312 g/mol. The summed E-state index contributed by atoms with van der Waals surface area (Å²) >= 11 is 0. The number of ether oxygens (including phenoxy) is 2. The third-order valence-corrected chi connectivity index (χ3v) is 4.82. The largest absolute Gasteiger partial charge is 0.478 e. The summed E-state index contributed by atoms with van der Waals surface area (Å²) in [5.41, 5.74) is 0.0988. The van der Waals surface area contributed by atoms with Crippen molar-refractivity contribution in [1.29, 1.82) is 0 Å². The molecule has 6 heteroatoms. The van der Waals surface area contributed by atoms with E-state index in [9.17, 15) is 19.8 Å². The first-order chi connectivity index (χ1) is 10.5. The Morgan fingerprint density at radius 3 is 2.41 bits per heavy atom. The van der Waals surface area contributed by atoms with Crippen LogP contribution in [0.2, 0.25) is 0 Å². The van der Waals surface area contributed by atoms with Gasteiger partial charge in [-0.15, -0.1) is 0 Å². The van der Waals surface area contributed by atoms with Crippen LogP contribution >= 0.6 is 0 Å². The molecule has 124 valence electrons. The number of fused-ring (bicyclic) bond motifs is 2. The van der Waals surface area contributed by atoms with Crippen molar-refractivity contribution in [2.45, 2.75) is 39.2 Å². The molecule has 2 aliphatic carbocycles. The van der Waals surface area contributed by atoms with Gasteiger partial charge in [0.2, 0.25) is 0 Å². The number of aliphatic hydroxyl groups excluding tert-OH is 1. The van der Waals surface area contributed by atoms with Crippen molar-refractivity contribution in [3.63, 3.8) is 0 Å². The smallest absolute Gasteiger partial charge is 0.335 e. The van der Waals surface area contributed by atoms with Crippen LogP contribution in [0.25, 0.3) is 0 Å². The first-order valence-electron chi connectivity index (χ1n) is 7.84. The molecule has 0 aliphatic heterocycles. The third-order valence-electron chi connectivity index (χ3n) is 4.82. The maximum Gasteiger partial charge on any atom is 0.335 e. The first kappa shape index (κ1) is 17.0. The molecule has 22 heavy (non-hydrogen) atoms. The summed E-state index contributed by atoms with van der Waals surface area (Å²) in [5, 5.41) is 19.6. The van der Waals surface area contributed by atoms with E-state index < -0.39 is 24.0 Å². The molecule has 0 radical (unpaired) electrons. The zero-order valence-electron chi connectivity index (χ0n) is 13.1. The molecule has 0 amide bonds. The third kappa shape index (κ3) is 3.33. The Morgan fingerprint density at radius 1 is 1.18 bits per heavy atom. The first-order valence-corrected chi connectivity index (χ1v) is 7.84. The molecule has 0 aromatic heterocycles. The van der Waals surface area contributed by atoms with Gasteiger partial charge in [0, 0.05) is 18.1 Å². The molecule has 0 heterocycles. The SMILES string of the molecule is CCOCCOC(=O)C(=C(C)C(=O)O)C1C2CCC(C2)C1O. The zero-order chi connectivity index (χ0) is 16.3. The minimum Gasteiger partial charge on any atom is -0.478 e. The summed E-state index contributed by atoms with van der Waals surface area (Å²) in [5.74, 6) is -1.87. The standard InChI is InChI=1S/C16H24O6/c1-3-21-6-7-22-16(20)12(9(2)15(18)19)13-10-4-5-11(8-10)14(13)17/h10-11,13-14,17H,3-8H2,1-2H3,(H,18,19). The fourth-order valence-corrected chi connectivity index (χ4v) is 3.74. The van der Waals surface area contributed by atoms with Crippen LogP contribution in [0.3, 0.4) is 0 Å². The fraction of sp³-hybridized carbons (Fsp3) is 0.750. The van der Waals surface area contributed by atoms with Crippen molar-refractivity contribution in [1.82, 2.24) is 0 Å². The number of carboxylic acid groups (broad SMARTS) is 1. The second kappa shape index (κ2) is 7.24. The van der Waals surface area contributed by atoms with Crippen molar-refractivity contribution in [2.75, 3.05) is 19.8 Å². The van der Waals surface area contributed by atoms with Crippen molar-refractivity contribution in [3.8, 4) is 0 Å². The van der Waals surface area contributed by atoms with Crippen LogP contribution in [-0.4, -0.2) is 48.1 Å². The molecule has 2 aliphatic rings. The molecule has 2 saturated carbocycles. The van der Waals surface area contributed by atoms with Crippen molar-refractivity contribution in [2.24, 2.45) is 17.8 Å². The second-order valence-electron chi connectivity index (χ2n) is 6.03. The van der Waals surface area contributed by atoms with Gasteiger partial charge in [0.05, 0.1) is 18.3 Å². The van der Waals surface area contributed by atoms with Gasteiger partial charge >= 0.3 is 11.9 Å². The molecule has 2 N–H and O–H groups in total. The quantitative estimate of drug-likeness (QED) is 0.419. The van der Waals surface area contributed by atoms with Gasteiger partial charge in [0.1, 0.15) is 6.61 Å². The van der Waals surface area contributed by atoms with Crippen LogP contribution in [0.15, 0.2) is 11.1 Å². The van der Waals surface area contributed by atoms with Gasteiger partial charge < -0.3 is 19.7 Å². The Hall–Kier alpha value is -1.40. The summed E-state index contributed by atoms with van der Waals surface area (Å²) in [6.45, 7) is 4.13. The molecule has 4 unspecified atom stereocenters. The maximum atomic E-state index is 12.4. The van der Waals surface area contributed by atoms with E-state index in [4.69, 9.17) is 9.47 Å². The van der Waals surface area contributed by atoms with Crippen molar-refractivity contribution < 1.29 is 29.3 Å². The van der Waals surface area contributed by atoms with E-state index >= 15 is 0 Å². The van der Waals surface area contributed by atoms with Crippen LogP contribution in [0.4, 0.5) is 0 Å². The molecule has 4 atom stereocenters. The van der Waals surface area contributed by atoms with Gasteiger partial charge in [-0.25, -0.2) is 9.59 Å². The lowest BCUT2D eigenvalue weighted by molar-refractivity contribution is -0.143. The Morgan fingerprint density at radius 2 is 1.86 bits per heavy atom. The van der Waals surface area contributed by atoms with E-state index in [0.717, 1.165) is 19.3 Å². The molecule has 0 aromatic rings. The molecule has 0 aromatic carbocycles. The molecule has 0 spiro atoms. The van der Waals surface area contributed by atoms with Gasteiger partial charge in [-0.3, -0.25) is 0 Å². The van der Waals surface area contributed by atoms with E-state index in [1.165, 1.54) is 6.92 Å². The van der Waals surface area contributed by atoms with E-state index in [2.05, 4.69) is 0 Å². The van der Waals surface area contributed by atoms with Crippen LogP contribution < -0.4 is 0 Å². The average Bonchev–Trinajstić information content (AvgIpc) is 3.06. The highest BCUT2D eigenvalue weighted by atomic mass is 16.6. The minimum absolute atomic E-state index is 0.0296. The van der Waals surface area contributed by atoms with E-state index in [0.29, 0.717) is 6.61 Å². The minimum atomic E-state index is -1.15. The number of esters is 1. The number of carboxylic acids is 1. The number of aliphatic hydroxyl groups is 1. The number of aliphatic carboxylic acids is 1. The normalized spacial score (nSPS) is 31.0. The Bertz CT molecular complexity index is 467. The topological polar surface area (TPSA) is 93.1 Å². The highest BCUT2D eigenvalue weighted by molar-refractivity contribution is 5.99. The van der Waals surface area contributed by atoms with E-state index in [1.807, 2.05) is 6.92 Å². The summed E-state index contributed by atoms with van der Waals surface area (Å²) in [6.07, 6.45) is 2.08. The monoisotopic (exact) mass is 312 g/mol. The lowest BCUT2D eigenvalue weighted by atomic mass is 9.79. The van der Waals surface area contributed by atoms with Gasteiger partial charge in [-0.1, -0.05) is 0 Å². The molecular formula is C16H24O6. The lowest BCUT2D eigenvalue weighted by Gasteiger charge is -2.29. The van der Waals surface area contributed by atoms with E-state index in [-0.39, 0.29) is 36.2 Å². The van der Waals surface area contributed by atoms with Gasteiger partial charge in [-0.05, 0) is 44.9 Å². The van der Waals surface area contributed by atoms with Crippen molar-refractivity contribution >= 4 is 11.9 Å². The van der Waals surface area contributed by atoms with Gasteiger partial charge in [0.25, 0.3) is 0 Å². The predicted octanol–water partition coefficient (Wildman–Crippen LogP) is 1.37. The number of carbonyl (C=O) groups excluding carboxylic acids is 1. The van der Waals surface area contributed by atoms with Crippen LogP contribution in [-0.2, 0) is 19.1 Å². The Balaban J connectivity index is 2.16. The number of rotatable bonds is 7. The summed E-state index contributed by atoms with van der Waals surface area (Å²) in [7, 11) is 0. The van der Waals surface area contributed by atoms with Crippen LogP contribution in [0.1, 0.15) is 33.1 Å². The van der Waals surface area contributed by atoms with Crippen molar-refractivity contribution in [3.05, 3.63) is 11.1 Å². The summed E-state index contributed by atoms with van der Waals surface area (Å²) < 4.78 is 10.3. The second-order valence-corrected chi connectivity index (χ2v) is 6.03. The maximum absolute atomic E-state index is 12.4. The summed E-state index contributed by atoms with van der Waals surface area (Å²) in [4.78, 5) is 23.7. The van der Waals surface area contributed by atoms with E-state index in [1.54, 1.807) is 0 Å². The lowest BCUT2D eigenvalue weighted by Crippen LogP contribution is -2.34. The molecular weight excluding hydrogens is 288 g/mol. The number of carbonyl (C=O) groups is 2. The highest BCUT2D eigenvalue weighted by Gasteiger charge is 2.50. The van der Waals surface area contributed by atoms with Gasteiger partial charge in [0.15, 0.2) is 0 Å². The molecule has 0 saturated heterocycles. The Labute approximate surface area is 130 Å². The van der Waals surface area contributed by atoms with Gasteiger partial charge in [-0.2, -0.15) is 0 Å². The zero-order valence-corrected chi connectivity index (χ0v) is 13.1. The van der Waals surface area contributed by atoms with Crippen LogP contribution in [0, 0.1) is 17.8 Å². The number of hydrogen-bond acceptors (Lipinski definition) is 5. The number of hydrogen-bond donors (Lipinski definition) is 2. The molecule has 2 bridgehead atoms. The molecule has 2 rings (SSSR count). The molecule has 2 fully saturated rings.